The van der Waals surface area contributed by atoms with Crippen molar-refractivity contribution in [3.8, 4) is 0 Å². The number of rotatable bonds is 4. The van der Waals surface area contributed by atoms with Crippen molar-refractivity contribution in [3.05, 3.63) is 29.8 Å². The molecular formula is C19H29N3O2. The zero-order chi connectivity index (χ0) is 17.7. The Bertz CT molecular complexity index is 575. The predicted octanol–water partition coefficient (Wildman–Crippen LogP) is 2.21. The summed E-state index contributed by atoms with van der Waals surface area (Å²) in [7, 11) is 1.89. The zero-order valence-electron chi connectivity index (χ0n) is 15.2. The maximum atomic E-state index is 12.2. The molecule has 1 atom stereocenters. The molecule has 2 amide bonds. The van der Waals surface area contributed by atoms with Gasteiger partial charge in [0.15, 0.2) is 0 Å². The van der Waals surface area contributed by atoms with Crippen molar-refractivity contribution in [1.29, 1.82) is 0 Å². The summed E-state index contributed by atoms with van der Waals surface area (Å²) >= 11 is 0. The minimum Gasteiger partial charge on any atom is -0.365 e. The summed E-state index contributed by atoms with van der Waals surface area (Å²) in [6.45, 7) is 7.47. The average molecular weight is 331 g/mol. The Morgan fingerprint density at radius 2 is 1.92 bits per heavy atom. The number of benzene rings is 1. The standard InChI is InChI=1S/C19H29N3O2/c1-19(2,3)14-8-10-15(11-9-14)22(4)13-17(23)21-16-7-5-6-12-20-18(16)24/h8-11,16H,5-7,12-13H2,1-4H3,(H,20,24)(H,21,23). The van der Waals surface area contributed by atoms with Crippen molar-refractivity contribution < 1.29 is 9.59 Å². The number of hydrogen-bond donors (Lipinski definition) is 2. The third-order valence-corrected chi connectivity index (χ3v) is 4.43. The highest BCUT2D eigenvalue weighted by molar-refractivity contribution is 5.89. The topological polar surface area (TPSA) is 61.4 Å². The normalized spacial score (nSPS) is 18.5. The van der Waals surface area contributed by atoms with Gasteiger partial charge in [0.25, 0.3) is 0 Å². The molecule has 0 radical (unpaired) electrons. The van der Waals surface area contributed by atoms with Crippen LogP contribution in [-0.2, 0) is 15.0 Å². The van der Waals surface area contributed by atoms with Gasteiger partial charge in [-0.3, -0.25) is 9.59 Å². The van der Waals surface area contributed by atoms with Crippen LogP contribution in [0.15, 0.2) is 24.3 Å². The molecule has 1 fully saturated rings. The average Bonchev–Trinajstić information content (AvgIpc) is 2.71. The highest BCUT2D eigenvalue weighted by Crippen LogP contribution is 2.24. The van der Waals surface area contributed by atoms with Crippen LogP contribution in [0.4, 0.5) is 5.69 Å². The highest BCUT2D eigenvalue weighted by Gasteiger charge is 2.22. The number of likely N-dealkylation sites (N-methyl/N-ethyl adjacent to an activating group) is 1. The fraction of sp³-hybridized carbons (Fsp3) is 0.579. The maximum absolute atomic E-state index is 12.2. The van der Waals surface area contributed by atoms with Gasteiger partial charge in [0.2, 0.25) is 11.8 Å². The fourth-order valence-electron chi connectivity index (χ4n) is 2.84. The van der Waals surface area contributed by atoms with Crippen LogP contribution < -0.4 is 15.5 Å². The lowest BCUT2D eigenvalue weighted by Gasteiger charge is -2.23. The SMILES string of the molecule is CN(CC(=O)NC1CCCCNC1=O)c1ccc(C(C)(C)C)cc1. The summed E-state index contributed by atoms with van der Waals surface area (Å²) in [6, 6.07) is 7.86. The molecule has 0 saturated carbocycles. The minimum atomic E-state index is -0.406. The third kappa shape index (κ3) is 4.98. The van der Waals surface area contributed by atoms with Crippen molar-refractivity contribution in [2.24, 2.45) is 0 Å². The summed E-state index contributed by atoms with van der Waals surface area (Å²) in [5.41, 5.74) is 2.36. The first-order valence-corrected chi connectivity index (χ1v) is 8.66. The number of carbonyl (C=O) groups excluding carboxylic acids is 2. The molecule has 0 aliphatic carbocycles. The first-order valence-electron chi connectivity index (χ1n) is 8.66. The molecule has 5 heteroatoms. The smallest absolute Gasteiger partial charge is 0.242 e. The molecule has 2 rings (SSSR count). The number of anilines is 1. The van der Waals surface area contributed by atoms with Crippen LogP contribution >= 0.6 is 0 Å². The Hall–Kier alpha value is -2.04. The maximum Gasteiger partial charge on any atom is 0.242 e. The second kappa shape index (κ2) is 7.69. The van der Waals surface area contributed by atoms with E-state index >= 15 is 0 Å². The van der Waals surface area contributed by atoms with Crippen molar-refractivity contribution in [1.82, 2.24) is 10.6 Å². The molecule has 1 heterocycles. The van der Waals surface area contributed by atoms with Gasteiger partial charge in [-0.1, -0.05) is 32.9 Å². The number of carbonyl (C=O) groups is 2. The van der Waals surface area contributed by atoms with Crippen LogP contribution in [0, 0.1) is 0 Å². The third-order valence-electron chi connectivity index (χ3n) is 4.43. The molecule has 132 valence electrons. The van der Waals surface area contributed by atoms with E-state index in [0.717, 1.165) is 18.5 Å². The molecule has 1 saturated heterocycles. The van der Waals surface area contributed by atoms with Gasteiger partial charge in [-0.2, -0.15) is 0 Å². The van der Waals surface area contributed by atoms with Gasteiger partial charge in [0.1, 0.15) is 6.04 Å². The van der Waals surface area contributed by atoms with Crippen LogP contribution in [0.25, 0.3) is 0 Å². The summed E-state index contributed by atoms with van der Waals surface area (Å²) in [6.07, 6.45) is 2.63. The van der Waals surface area contributed by atoms with E-state index in [1.54, 1.807) is 0 Å². The molecule has 1 unspecified atom stereocenters. The second-order valence-corrected chi connectivity index (χ2v) is 7.56. The molecule has 1 aromatic carbocycles. The molecule has 2 N–H and O–H groups in total. The van der Waals surface area contributed by atoms with E-state index in [2.05, 4.69) is 43.5 Å². The first kappa shape index (κ1) is 18.3. The van der Waals surface area contributed by atoms with Crippen molar-refractivity contribution in [2.45, 2.75) is 51.5 Å². The summed E-state index contributed by atoms with van der Waals surface area (Å²) in [5.74, 6) is -0.197. The largest absolute Gasteiger partial charge is 0.365 e. The molecule has 24 heavy (non-hydrogen) atoms. The summed E-state index contributed by atoms with van der Waals surface area (Å²) in [5, 5.41) is 5.69. The molecular weight excluding hydrogens is 302 g/mol. The second-order valence-electron chi connectivity index (χ2n) is 7.56. The zero-order valence-corrected chi connectivity index (χ0v) is 15.2. The van der Waals surface area contributed by atoms with E-state index in [1.807, 2.05) is 24.1 Å². The van der Waals surface area contributed by atoms with Gasteiger partial charge in [-0.15, -0.1) is 0 Å². The van der Waals surface area contributed by atoms with Gasteiger partial charge in [-0.05, 0) is 42.4 Å². The lowest BCUT2D eigenvalue weighted by atomic mass is 9.87. The molecule has 1 aliphatic heterocycles. The lowest BCUT2D eigenvalue weighted by molar-refractivity contribution is -0.128. The van der Waals surface area contributed by atoms with Crippen LogP contribution in [0.5, 0.6) is 0 Å². The van der Waals surface area contributed by atoms with E-state index in [9.17, 15) is 9.59 Å². The van der Waals surface area contributed by atoms with Crippen molar-refractivity contribution in [2.75, 3.05) is 25.0 Å². The number of hydrogen-bond acceptors (Lipinski definition) is 3. The van der Waals surface area contributed by atoms with E-state index in [1.165, 1.54) is 5.56 Å². The van der Waals surface area contributed by atoms with E-state index in [0.29, 0.717) is 13.0 Å². The number of nitrogens with one attached hydrogen (secondary N) is 2. The summed E-state index contributed by atoms with van der Waals surface area (Å²) < 4.78 is 0. The molecule has 1 aliphatic rings. The van der Waals surface area contributed by atoms with Crippen molar-refractivity contribution in [3.63, 3.8) is 0 Å². The molecule has 0 bridgehead atoms. The van der Waals surface area contributed by atoms with Gasteiger partial charge >= 0.3 is 0 Å². The van der Waals surface area contributed by atoms with E-state index in [-0.39, 0.29) is 23.8 Å². The van der Waals surface area contributed by atoms with Crippen molar-refractivity contribution >= 4 is 17.5 Å². The number of nitrogens with zero attached hydrogens (tertiary/aromatic N) is 1. The first-order chi connectivity index (χ1) is 11.3. The highest BCUT2D eigenvalue weighted by atomic mass is 16.2. The monoisotopic (exact) mass is 331 g/mol. The quantitative estimate of drug-likeness (QED) is 0.889. The molecule has 0 spiro atoms. The Kier molecular flexibility index (Phi) is 5.86. The van der Waals surface area contributed by atoms with Crippen LogP contribution in [0.1, 0.15) is 45.6 Å². The molecule has 5 nitrogen and oxygen atoms in total. The van der Waals surface area contributed by atoms with E-state index < -0.39 is 6.04 Å². The fourth-order valence-corrected chi connectivity index (χ4v) is 2.84. The number of amides is 2. The lowest BCUT2D eigenvalue weighted by Crippen LogP contribution is -2.48. The Morgan fingerprint density at radius 1 is 1.25 bits per heavy atom. The van der Waals surface area contributed by atoms with Crippen LogP contribution in [0.3, 0.4) is 0 Å². The Morgan fingerprint density at radius 3 is 2.54 bits per heavy atom. The Labute approximate surface area is 144 Å². The van der Waals surface area contributed by atoms with E-state index in [4.69, 9.17) is 0 Å². The molecule has 1 aromatic rings. The van der Waals surface area contributed by atoms with Crippen LogP contribution in [0.2, 0.25) is 0 Å². The Balaban J connectivity index is 1.92. The van der Waals surface area contributed by atoms with Gasteiger partial charge < -0.3 is 15.5 Å². The summed E-state index contributed by atoms with van der Waals surface area (Å²) in [4.78, 5) is 26.0. The van der Waals surface area contributed by atoms with Crippen LogP contribution in [-0.4, -0.2) is 38.0 Å². The minimum absolute atomic E-state index is 0.0713. The van der Waals surface area contributed by atoms with Gasteiger partial charge in [-0.25, -0.2) is 0 Å². The predicted molar refractivity (Wildman–Crippen MR) is 97.2 cm³/mol. The van der Waals surface area contributed by atoms with Gasteiger partial charge in [0, 0.05) is 19.3 Å². The van der Waals surface area contributed by atoms with Gasteiger partial charge in [0.05, 0.1) is 6.54 Å². The molecule has 0 aromatic heterocycles.